The summed E-state index contributed by atoms with van der Waals surface area (Å²) in [6, 6.07) is 9.76. The molecule has 0 aliphatic carbocycles. The van der Waals surface area contributed by atoms with E-state index in [9.17, 15) is 18.0 Å². The molecular weight excluding hydrogens is 379 g/mol. The summed E-state index contributed by atoms with van der Waals surface area (Å²) in [5.41, 5.74) is 7.17. The number of halogens is 3. The maximum absolute atomic E-state index is 13.8. The Morgan fingerprint density at radius 3 is 1.97 bits per heavy atom. The fourth-order valence-corrected chi connectivity index (χ4v) is 2.99. The van der Waals surface area contributed by atoms with Crippen molar-refractivity contribution in [3.63, 3.8) is 0 Å². The second-order valence-corrected chi connectivity index (χ2v) is 6.28. The number of rotatable bonds is 5. The molecule has 0 fully saturated rings. The molecule has 0 bridgehead atoms. The smallest absolute Gasteiger partial charge is 0.242 e. The summed E-state index contributed by atoms with van der Waals surface area (Å²) in [5.74, 6) is -0.873. The molecule has 1 unspecified atom stereocenters. The van der Waals surface area contributed by atoms with E-state index in [1.807, 2.05) is 0 Å². The van der Waals surface area contributed by atoms with Crippen LogP contribution in [-0.2, 0) is 4.79 Å². The van der Waals surface area contributed by atoms with Crippen LogP contribution in [0.1, 0.15) is 22.6 Å². The van der Waals surface area contributed by atoms with Gasteiger partial charge in [-0.15, -0.1) is 6.42 Å². The van der Waals surface area contributed by atoms with Gasteiger partial charge in [0.25, 0.3) is 0 Å². The van der Waals surface area contributed by atoms with E-state index in [-0.39, 0.29) is 11.3 Å². The third kappa shape index (κ3) is 4.45. The molecule has 29 heavy (non-hydrogen) atoms. The van der Waals surface area contributed by atoms with Gasteiger partial charge >= 0.3 is 0 Å². The highest BCUT2D eigenvalue weighted by Crippen LogP contribution is 2.29. The highest BCUT2D eigenvalue weighted by atomic mass is 19.1. The quantitative estimate of drug-likeness (QED) is 0.649. The van der Waals surface area contributed by atoms with Crippen LogP contribution in [0.25, 0.3) is 0 Å². The largest absolute Gasteiger partial charge is 0.322 e. The van der Waals surface area contributed by atoms with Gasteiger partial charge in [-0.2, -0.15) is 0 Å². The third-order valence-electron chi connectivity index (χ3n) is 4.42. The predicted molar refractivity (Wildman–Crippen MR) is 103 cm³/mol. The molecule has 1 aromatic heterocycles. The van der Waals surface area contributed by atoms with Crippen LogP contribution in [0.2, 0.25) is 0 Å². The van der Waals surface area contributed by atoms with Crippen molar-refractivity contribution in [3.8, 4) is 12.3 Å². The van der Waals surface area contributed by atoms with Crippen LogP contribution in [0.3, 0.4) is 0 Å². The Kier molecular flexibility index (Phi) is 5.96. The SMILES string of the molecule is C#Cc1c(F)cncc1NC(=O)C(N)C(c1ccc(F)cc1)c1ccc(F)cc1. The van der Waals surface area contributed by atoms with Gasteiger partial charge < -0.3 is 11.1 Å². The van der Waals surface area contributed by atoms with Gasteiger partial charge in [-0.1, -0.05) is 30.2 Å². The van der Waals surface area contributed by atoms with E-state index < -0.39 is 35.3 Å². The molecule has 1 amide bonds. The van der Waals surface area contributed by atoms with Crippen molar-refractivity contribution < 1.29 is 18.0 Å². The molecule has 4 nitrogen and oxygen atoms in total. The Morgan fingerprint density at radius 2 is 1.48 bits per heavy atom. The number of carbonyl (C=O) groups is 1. The summed E-state index contributed by atoms with van der Waals surface area (Å²) in [6.45, 7) is 0. The van der Waals surface area contributed by atoms with Gasteiger partial charge in [-0.3, -0.25) is 9.78 Å². The first-order valence-corrected chi connectivity index (χ1v) is 8.58. The number of pyridine rings is 1. The zero-order valence-electron chi connectivity index (χ0n) is 15.1. The molecule has 3 rings (SSSR count). The van der Waals surface area contributed by atoms with Crippen molar-refractivity contribution in [3.05, 3.63) is 95.1 Å². The first kappa shape index (κ1) is 20.1. The van der Waals surface area contributed by atoms with Crippen molar-refractivity contribution in [2.45, 2.75) is 12.0 Å². The van der Waals surface area contributed by atoms with Crippen molar-refractivity contribution in [1.82, 2.24) is 4.98 Å². The summed E-state index contributed by atoms with van der Waals surface area (Å²) in [6.07, 6.45) is 7.45. The van der Waals surface area contributed by atoms with E-state index in [1.54, 1.807) is 0 Å². The first-order valence-electron chi connectivity index (χ1n) is 8.58. The van der Waals surface area contributed by atoms with Crippen molar-refractivity contribution in [2.24, 2.45) is 5.73 Å². The summed E-state index contributed by atoms with van der Waals surface area (Å²) in [7, 11) is 0. The number of hydrogen-bond donors (Lipinski definition) is 2. The lowest BCUT2D eigenvalue weighted by Gasteiger charge is -2.24. The molecule has 1 heterocycles. The Morgan fingerprint density at radius 1 is 0.966 bits per heavy atom. The van der Waals surface area contributed by atoms with Gasteiger partial charge in [0.15, 0.2) is 5.82 Å². The minimum atomic E-state index is -1.17. The minimum Gasteiger partial charge on any atom is -0.322 e. The molecule has 0 saturated carbocycles. The summed E-state index contributed by atoms with van der Waals surface area (Å²) in [5, 5.41) is 2.49. The number of nitrogens with two attached hydrogens (primary N) is 1. The fourth-order valence-electron chi connectivity index (χ4n) is 2.99. The Labute approximate surface area is 165 Å². The summed E-state index contributed by atoms with van der Waals surface area (Å²) < 4.78 is 40.5. The molecule has 0 spiro atoms. The Balaban J connectivity index is 1.96. The molecule has 2 aromatic carbocycles. The first-order chi connectivity index (χ1) is 13.9. The number of carbonyl (C=O) groups excluding carboxylic acids is 1. The van der Waals surface area contributed by atoms with Crippen LogP contribution in [0.4, 0.5) is 18.9 Å². The van der Waals surface area contributed by atoms with E-state index >= 15 is 0 Å². The fraction of sp³-hybridized carbons (Fsp3) is 0.0909. The number of anilines is 1. The number of nitrogens with one attached hydrogen (secondary N) is 1. The minimum absolute atomic E-state index is 0.00455. The van der Waals surface area contributed by atoms with Crippen molar-refractivity contribution in [1.29, 1.82) is 0 Å². The summed E-state index contributed by atoms with van der Waals surface area (Å²) in [4.78, 5) is 16.5. The van der Waals surface area contributed by atoms with E-state index in [4.69, 9.17) is 12.2 Å². The van der Waals surface area contributed by atoms with E-state index in [1.165, 1.54) is 54.7 Å². The molecule has 0 radical (unpaired) electrons. The molecule has 3 N–H and O–H groups in total. The van der Waals surface area contributed by atoms with E-state index in [0.29, 0.717) is 11.1 Å². The molecular formula is C22H16F3N3O. The maximum atomic E-state index is 13.8. The van der Waals surface area contributed by atoms with Crippen LogP contribution in [0, 0.1) is 29.8 Å². The van der Waals surface area contributed by atoms with Crippen molar-refractivity contribution in [2.75, 3.05) is 5.32 Å². The van der Waals surface area contributed by atoms with Crippen LogP contribution < -0.4 is 11.1 Å². The molecule has 0 aliphatic rings. The van der Waals surface area contributed by atoms with Gasteiger partial charge in [-0.25, -0.2) is 13.2 Å². The highest BCUT2D eigenvalue weighted by Gasteiger charge is 2.28. The van der Waals surface area contributed by atoms with Gasteiger partial charge in [0, 0.05) is 5.92 Å². The maximum Gasteiger partial charge on any atom is 0.242 e. The van der Waals surface area contributed by atoms with Crippen molar-refractivity contribution >= 4 is 11.6 Å². The molecule has 3 aromatic rings. The average molecular weight is 395 g/mol. The van der Waals surface area contributed by atoms with Crippen LogP contribution in [0.5, 0.6) is 0 Å². The predicted octanol–water partition coefficient (Wildman–Crippen LogP) is 3.58. The number of amides is 1. The zero-order chi connectivity index (χ0) is 21.0. The molecule has 7 heteroatoms. The second-order valence-electron chi connectivity index (χ2n) is 6.28. The lowest BCUT2D eigenvalue weighted by atomic mass is 9.85. The molecule has 0 aliphatic heterocycles. The summed E-state index contributed by atoms with van der Waals surface area (Å²) >= 11 is 0. The van der Waals surface area contributed by atoms with Gasteiger partial charge in [0.1, 0.15) is 11.6 Å². The van der Waals surface area contributed by atoms with Gasteiger partial charge in [0.2, 0.25) is 5.91 Å². The standard InChI is InChI=1S/C22H16F3N3O/c1-2-17-18(25)11-27-12-19(17)28-22(29)21(26)20(13-3-7-15(23)8-4-13)14-5-9-16(24)10-6-14/h1,3-12,20-21H,26H2,(H,28,29). The van der Waals surface area contributed by atoms with Gasteiger partial charge in [0.05, 0.1) is 29.7 Å². The number of benzene rings is 2. The molecule has 0 saturated heterocycles. The second kappa shape index (κ2) is 8.59. The monoisotopic (exact) mass is 395 g/mol. The number of hydrogen-bond acceptors (Lipinski definition) is 3. The van der Waals surface area contributed by atoms with E-state index in [2.05, 4.69) is 16.2 Å². The van der Waals surface area contributed by atoms with Gasteiger partial charge in [-0.05, 0) is 35.4 Å². The Hall–Kier alpha value is -3.63. The normalized spacial score (nSPS) is 11.7. The average Bonchev–Trinajstić information content (AvgIpc) is 2.71. The van der Waals surface area contributed by atoms with Crippen LogP contribution >= 0.6 is 0 Å². The zero-order valence-corrected chi connectivity index (χ0v) is 15.1. The number of aromatic nitrogens is 1. The van der Waals surface area contributed by atoms with Crippen LogP contribution in [-0.4, -0.2) is 16.9 Å². The molecule has 1 atom stereocenters. The highest BCUT2D eigenvalue weighted by molar-refractivity contribution is 5.96. The lowest BCUT2D eigenvalue weighted by Crippen LogP contribution is -2.41. The lowest BCUT2D eigenvalue weighted by molar-refractivity contribution is -0.117. The third-order valence-corrected chi connectivity index (χ3v) is 4.42. The van der Waals surface area contributed by atoms with E-state index in [0.717, 1.165) is 6.20 Å². The molecule has 146 valence electrons. The topological polar surface area (TPSA) is 68.0 Å². The Bertz CT molecular complexity index is 1010. The number of nitrogens with zero attached hydrogens (tertiary/aromatic N) is 1. The number of terminal acetylenes is 1. The van der Waals surface area contributed by atoms with Crippen LogP contribution in [0.15, 0.2) is 60.9 Å².